The number of anilines is 1. The van der Waals surface area contributed by atoms with Crippen LogP contribution in [0.15, 0.2) is 70.7 Å². The van der Waals surface area contributed by atoms with Crippen molar-refractivity contribution in [3.63, 3.8) is 0 Å². The summed E-state index contributed by atoms with van der Waals surface area (Å²) in [5.74, 6) is 0.762. The van der Waals surface area contributed by atoms with E-state index in [0.717, 1.165) is 30.6 Å². The maximum absolute atomic E-state index is 12.5. The molecule has 0 aliphatic rings. The number of para-hydroxylation sites is 2. The molecule has 150 valence electrons. The van der Waals surface area contributed by atoms with Gasteiger partial charge in [-0.15, -0.1) is 0 Å². The highest BCUT2D eigenvalue weighted by Crippen LogP contribution is 2.18. The summed E-state index contributed by atoms with van der Waals surface area (Å²) >= 11 is 6.23. The van der Waals surface area contributed by atoms with Crippen molar-refractivity contribution in [3.05, 3.63) is 81.7 Å². The Morgan fingerprint density at radius 3 is 2.69 bits per heavy atom. The Morgan fingerprint density at radius 1 is 1.14 bits per heavy atom. The topological polar surface area (TPSA) is 68.5 Å². The van der Waals surface area contributed by atoms with Gasteiger partial charge in [0.05, 0.1) is 24.7 Å². The minimum absolute atomic E-state index is 0.0186. The number of halogens is 1. The first-order valence-corrected chi connectivity index (χ1v) is 9.92. The van der Waals surface area contributed by atoms with Crippen LogP contribution in [-0.4, -0.2) is 22.6 Å². The molecule has 0 atom stereocenters. The zero-order chi connectivity index (χ0) is 20.5. The van der Waals surface area contributed by atoms with E-state index in [1.165, 1.54) is 10.9 Å². The number of nitrogens with zero attached hydrogens (tertiary/aromatic N) is 3. The lowest BCUT2D eigenvalue weighted by molar-refractivity contribution is 0.306. The summed E-state index contributed by atoms with van der Waals surface area (Å²) in [5, 5.41) is 8.38. The summed E-state index contributed by atoms with van der Waals surface area (Å²) in [4.78, 5) is 12.5. The lowest BCUT2D eigenvalue weighted by Gasteiger charge is -2.09. The van der Waals surface area contributed by atoms with Gasteiger partial charge in [-0.3, -0.25) is 10.2 Å². The molecule has 1 N–H and O–H groups in total. The zero-order valence-corrected chi connectivity index (χ0v) is 17.0. The number of rotatable bonds is 9. The standard InChI is InChI=1S/C22H23ClN4O2/c1-2-3-9-14-29-20-13-8-7-10-17(20)15-24-26-19-16-25-27(22(28)21(19)23)18-11-5-4-6-12-18/h4-8,10-13,15-16,26H,2-3,9,14H2,1H3/b24-15+. The molecule has 6 nitrogen and oxygen atoms in total. The predicted octanol–water partition coefficient (Wildman–Crippen LogP) is 4.90. The Kier molecular flexibility index (Phi) is 7.41. The van der Waals surface area contributed by atoms with Crippen LogP contribution in [0.2, 0.25) is 5.02 Å². The van der Waals surface area contributed by atoms with Crippen LogP contribution in [0.5, 0.6) is 5.75 Å². The molecule has 2 aromatic carbocycles. The molecular formula is C22H23ClN4O2. The van der Waals surface area contributed by atoms with Crippen molar-refractivity contribution in [1.82, 2.24) is 9.78 Å². The number of hydrogen-bond acceptors (Lipinski definition) is 5. The molecule has 0 aliphatic heterocycles. The van der Waals surface area contributed by atoms with Crippen LogP contribution >= 0.6 is 11.6 Å². The van der Waals surface area contributed by atoms with Gasteiger partial charge in [0.15, 0.2) is 0 Å². The summed E-state index contributed by atoms with van der Waals surface area (Å²) in [6.45, 7) is 2.82. The first-order valence-electron chi connectivity index (χ1n) is 9.55. The fraction of sp³-hybridized carbons (Fsp3) is 0.227. The number of aromatic nitrogens is 2. The first-order chi connectivity index (χ1) is 14.2. The first kappa shape index (κ1) is 20.6. The second-order valence-corrected chi connectivity index (χ2v) is 6.77. The Balaban J connectivity index is 1.71. The highest BCUT2D eigenvalue weighted by atomic mass is 35.5. The molecule has 0 saturated heterocycles. The number of nitrogens with one attached hydrogen (secondary N) is 1. The van der Waals surface area contributed by atoms with Crippen molar-refractivity contribution in [1.29, 1.82) is 0 Å². The number of hydrazone groups is 1. The van der Waals surface area contributed by atoms with E-state index in [0.29, 0.717) is 18.0 Å². The van der Waals surface area contributed by atoms with Gasteiger partial charge in [-0.2, -0.15) is 14.9 Å². The Morgan fingerprint density at radius 2 is 1.90 bits per heavy atom. The lowest BCUT2D eigenvalue weighted by atomic mass is 10.2. The van der Waals surface area contributed by atoms with E-state index < -0.39 is 5.56 Å². The summed E-state index contributed by atoms with van der Waals surface area (Å²) in [6, 6.07) is 16.7. The van der Waals surface area contributed by atoms with Crippen LogP contribution in [0, 0.1) is 0 Å². The molecule has 0 radical (unpaired) electrons. The number of unbranched alkanes of at least 4 members (excludes halogenated alkanes) is 2. The van der Waals surface area contributed by atoms with Crippen molar-refractivity contribution >= 4 is 23.5 Å². The fourth-order valence-electron chi connectivity index (χ4n) is 2.69. The molecule has 1 aromatic heterocycles. The molecule has 0 fully saturated rings. The zero-order valence-electron chi connectivity index (χ0n) is 16.2. The number of benzene rings is 2. The van der Waals surface area contributed by atoms with Crippen LogP contribution in [0.25, 0.3) is 5.69 Å². The minimum atomic E-state index is -0.419. The highest BCUT2D eigenvalue weighted by molar-refractivity contribution is 6.32. The third kappa shape index (κ3) is 5.45. The maximum atomic E-state index is 12.5. The van der Waals surface area contributed by atoms with Crippen LogP contribution in [-0.2, 0) is 0 Å². The van der Waals surface area contributed by atoms with Crippen LogP contribution in [0.1, 0.15) is 31.7 Å². The molecular weight excluding hydrogens is 388 g/mol. The van der Waals surface area contributed by atoms with E-state index in [-0.39, 0.29) is 5.02 Å². The quantitative estimate of drug-likeness (QED) is 0.309. The Labute approximate surface area is 174 Å². The van der Waals surface area contributed by atoms with Crippen molar-refractivity contribution in [2.24, 2.45) is 5.10 Å². The molecule has 3 aromatic rings. The molecule has 0 bridgehead atoms. The van der Waals surface area contributed by atoms with E-state index in [2.05, 4.69) is 22.5 Å². The van der Waals surface area contributed by atoms with E-state index in [1.807, 2.05) is 42.5 Å². The largest absolute Gasteiger partial charge is 0.493 e. The van der Waals surface area contributed by atoms with Gasteiger partial charge < -0.3 is 4.74 Å². The maximum Gasteiger partial charge on any atom is 0.292 e. The molecule has 0 amide bonds. The molecule has 29 heavy (non-hydrogen) atoms. The molecule has 3 rings (SSSR count). The second kappa shape index (κ2) is 10.4. The molecule has 7 heteroatoms. The van der Waals surface area contributed by atoms with Crippen molar-refractivity contribution in [2.75, 3.05) is 12.0 Å². The fourth-order valence-corrected chi connectivity index (χ4v) is 2.86. The Bertz CT molecular complexity index is 1020. The lowest BCUT2D eigenvalue weighted by Crippen LogP contribution is -2.22. The average Bonchev–Trinajstić information content (AvgIpc) is 2.76. The van der Waals surface area contributed by atoms with E-state index in [9.17, 15) is 4.79 Å². The normalized spacial score (nSPS) is 11.0. The Hall–Kier alpha value is -3.12. The van der Waals surface area contributed by atoms with Gasteiger partial charge >= 0.3 is 0 Å². The van der Waals surface area contributed by atoms with E-state index in [4.69, 9.17) is 16.3 Å². The SMILES string of the molecule is CCCCCOc1ccccc1/C=N/Nc1cnn(-c2ccccc2)c(=O)c1Cl. The summed E-state index contributed by atoms with van der Waals surface area (Å²) < 4.78 is 7.09. The molecule has 0 spiro atoms. The third-order valence-corrected chi connectivity index (χ3v) is 4.60. The van der Waals surface area contributed by atoms with Gasteiger partial charge in [0.25, 0.3) is 5.56 Å². The van der Waals surface area contributed by atoms with Crippen molar-refractivity contribution in [2.45, 2.75) is 26.2 Å². The van der Waals surface area contributed by atoms with Crippen molar-refractivity contribution < 1.29 is 4.74 Å². The summed E-state index contributed by atoms with van der Waals surface area (Å²) in [7, 11) is 0. The summed E-state index contributed by atoms with van der Waals surface area (Å²) in [6.07, 6.45) is 6.40. The predicted molar refractivity (Wildman–Crippen MR) is 118 cm³/mol. The molecule has 0 unspecified atom stereocenters. The van der Waals surface area contributed by atoms with Gasteiger partial charge in [-0.1, -0.05) is 61.7 Å². The van der Waals surface area contributed by atoms with Gasteiger partial charge in [0.1, 0.15) is 16.5 Å². The second-order valence-electron chi connectivity index (χ2n) is 6.39. The van der Waals surface area contributed by atoms with Gasteiger partial charge in [0, 0.05) is 5.56 Å². The average molecular weight is 411 g/mol. The molecule has 1 heterocycles. The third-order valence-electron chi connectivity index (χ3n) is 4.23. The molecule has 0 saturated carbocycles. The number of hydrogen-bond donors (Lipinski definition) is 1. The summed E-state index contributed by atoms with van der Waals surface area (Å²) in [5.41, 5.74) is 4.18. The van der Waals surface area contributed by atoms with Crippen LogP contribution in [0.4, 0.5) is 5.69 Å². The minimum Gasteiger partial charge on any atom is -0.493 e. The van der Waals surface area contributed by atoms with Crippen molar-refractivity contribution in [3.8, 4) is 11.4 Å². The van der Waals surface area contributed by atoms with Gasteiger partial charge in [-0.25, -0.2) is 0 Å². The smallest absolute Gasteiger partial charge is 0.292 e. The van der Waals surface area contributed by atoms with E-state index in [1.54, 1.807) is 18.3 Å². The van der Waals surface area contributed by atoms with E-state index >= 15 is 0 Å². The monoisotopic (exact) mass is 410 g/mol. The highest BCUT2D eigenvalue weighted by Gasteiger charge is 2.10. The van der Waals surface area contributed by atoms with Crippen LogP contribution in [0.3, 0.4) is 0 Å². The van der Waals surface area contributed by atoms with Gasteiger partial charge in [0.2, 0.25) is 0 Å². The van der Waals surface area contributed by atoms with Gasteiger partial charge in [-0.05, 0) is 30.7 Å². The van der Waals surface area contributed by atoms with Crippen LogP contribution < -0.4 is 15.7 Å². The molecule has 0 aliphatic carbocycles. The number of ether oxygens (including phenoxy) is 1.